The second-order valence-corrected chi connectivity index (χ2v) is 14.5. The minimum atomic E-state index is 0.607. The highest BCUT2D eigenvalue weighted by molar-refractivity contribution is 6.17. The summed E-state index contributed by atoms with van der Waals surface area (Å²) in [6.07, 6.45) is 0. The van der Waals surface area contributed by atoms with E-state index in [0.717, 1.165) is 99.6 Å². The summed E-state index contributed by atoms with van der Waals surface area (Å²) in [4.78, 5) is 10.8. The number of hydrogen-bond donors (Lipinski definition) is 0. The molecule has 12 rings (SSSR count). The molecule has 57 heavy (non-hydrogen) atoms. The molecule has 8 aromatic carbocycles. The zero-order valence-corrected chi connectivity index (χ0v) is 30.6. The average molecular weight is 730 g/mol. The van der Waals surface area contributed by atoms with Crippen molar-refractivity contribution in [1.82, 2.24) is 14.5 Å². The molecule has 0 atom stereocenters. The van der Waals surface area contributed by atoms with E-state index in [1.165, 1.54) is 5.39 Å². The Bertz CT molecular complexity index is 3510. The first-order valence-electron chi connectivity index (χ1n) is 19.2. The van der Waals surface area contributed by atoms with Crippen LogP contribution in [0.25, 0.3) is 116 Å². The van der Waals surface area contributed by atoms with Crippen LogP contribution in [0, 0.1) is 0 Å². The van der Waals surface area contributed by atoms with Crippen molar-refractivity contribution >= 4 is 65.8 Å². The van der Waals surface area contributed by atoms with Crippen LogP contribution >= 0.6 is 0 Å². The summed E-state index contributed by atoms with van der Waals surface area (Å²) in [7, 11) is 0. The monoisotopic (exact) mass is 729 g/mol. The highest BCUT2D eigenvalue weighted by Gasteiger charge is 2.23. The standard InChI is InChI=1S/C52H31N3O2/c1-4-15-32(16-5-1)35-30-40(33-17-6-2-7-18-33)50-42(31-35)47-39(23-14-26-46(47)57-50)52-53-48(51-49(54-52)38-22-11-13-25-45(38)56-51)34-27-28-44-41(29-34)37-21-10-12-24-43(37)55(44)36-19-8-3-9-20-36/h1-31H. The Morgan fingerprint density at radius 3 is 1.86 bits per heavy atom. The summed E-state index contributed by atoms with van der Waals surface area (Å²) in [6, 6.07) is 65.5. The molecule has 0 saturated carbocycles. The van der Waals surface area contributed by atoms with Crippen molar-refractivity contribution < 1.29 is 8.83 Å². The summed E-state index contributed by atoms with van der Waals surface area (Å²) in [5, 5.41) is 5.24. The molecular formula is C52H31N3O2. The van der Waals surface area contributed by atoms with Gasteiger partial charge in [0.05, 0.1) is 11.0 Å². The Morgan fingerprint density at radius 2 is 1.04 bits per heavy atom. The van der Waals surface area contributed by atoms with E-state index in [2.05, 4.69) is 156 Å². The van der Waals surface area contributed by atoms with Crippen LogP contribution in [0.5, 0.6) is 0 Å². The zero-order chi connectivity index (χ0) is 37.5. The van der Waals surface area contributed by atoms with Crippen molar-refractivity contribution in [1.29, 1.82) is 0 Å². The molecule has 0 fully saturated rings. The van der Waals surface area contributed by atoms with Crippen molar-refractivity contribution in [3.05, 3.63) is 188 Å². The number of rotatable bonds is 5. The number of furan rings is 2. The van der Waals surface area contributed by atoms with Crippen LogP contribution in [-0.2, 0) is 0 Å². The predicted octanol–water partition coefficient (Wildman–Crippen LogP) is 14.0. The minimum Gasteiger partial charge on any atom is -0.455 e. The summed E-state index contributed by atoms with van der Waals surface area (Å²) in [5.74, 6) is 0.607. The van der Waals surface area contributed by atoms with Crippen molar-refractivity contribution in [3.63, 3.8) is 0 Å². The first-order chi connectivity index (χ1) is 28.3. The number of para-hydroxylation sites is 3. The molecular weight excluding hydrogens is 699 g/mol. The summed E-state index contributed by atoms with van der Waals surface area (Å²) >= 11 is 0. The average Bonchev–Trinajstić information content (AvgIpc) is 3.96. The smallest absolute Gasteiger partial charge is 0.180 e. The van der Waals surface area contributed by atoms with Gasteiger partial charge < -0.3 is 13.4 Å². The van der Waals surface area contributed by atoms with E-state index >= 15 is 0 Å². The fraction of sp³-hybridized carbons (Fsp3) is 0. The van der Waals surface area contributed by atoms with Gasteiger partial charge in [-0.05, 0) is 77.4 Å². The molecule has 0 unspecified atom stereocenters. The third-order valence-corrected chi connectivity index (χ3v) is 11.2. The number of benzene rings is 8. The van der Waals surface area contributed by atoms with Gasteiger partial charge in [0.25, 0.3) is 0 Å². The maximum Gasteiger partial charge on any atom is 0.180 e. The Balaban J connectivity index is 1.14. The Morgan fingerprint density at radius 1 is 0.386 bits per heavy atom. The molecule has 266 valence electrons. The fourth-order valence-corrected chi connectivity index (χ4v) is 8.63. The zero-order valence-electron chi connectivity index (χ0n) is 30.6. The van der Waals surface area contributed by atoms with Gasteiger partial charge in [-0.2, -0.15) is 0 Å². The summed E-state index contributed by atoms with van der Waals surface area (Å²) < 4.78 is 15.8. The van der Waals surface area contributed by atoms with Crippen molar-refractivity contribution in [2.45, 2.75) is 0 Å². The van der Waals surface area contributed by atoms with E-state index in [9.17, 15) is 0 Å². The maximum atomic E-state index is 6.80. The lowest BCUT2D eigenvalue weighted by Gasteiger charge is -2.10. The Hall–Kier alpha value is -7.76. The SMILES string of the molecule is c1ccc(-c2cc(-c3ccccc3)c3oc4cccc(-c5nc(-c6ccc7c(c6)c6ccccc6n7-c6ccccc6)c6oc7ccccc7c6n5)c4c3c2)cc1. The number of hydrogen-bond acceptors (Lipinski definition) is 4. The van der Waals surface area contributed by atoms with Gasteiger partial charge in [0.2, 0.25) is 0 Å². The number of fused-ring (bicyclic) bond motifs is 9. The topological polar surface area (TPSA) is 57.0 Å². The van der Waals surface area contributed by atoms with Gasteiger partial charge in [-0.1, -0.05) is 127 Å². The highest BCUT2D eigenvalue weighted by atomic mass is 16.3. The van der Waals surface area contributed by atoms with Gasteiger partial charge in [-0.25, -0.2) is 9.97 Å². The van der Waals surface area contributed by atoms with Crippen LogP contribution in [0.2, 0.25) is 0 Å². The highest BCUT2D eigenvalue weighted by Crippen LogP contribution is 2.44. The summed E-state index contributed by atoms with van der Waals surface area (Å²) in [6.45, 7) is 0. The van der Waals surface area contributed by atoms with Crippen LogP contribution in [0.3, 0.4) is 0 Å². The van der Waals surface area contributed by atoms with Gasteiger partial charge in [0, 0.05) is 49.3 Å². The van der Waals surface area contributed by atoms with E-state index in [1.807, 2.05) is 36.4 Å². The molecule has 0 amide bonds. The van der Waals surface area contributed by atoms with Crippen molar-refractivity contribution in [2.75, 3.05) is 0 Å². The molecule has 5 nitrogen and oxygen atoms in total. The Kier molecular flexibility index (Phi) is 6.86. The van der Waals surface area contributed by atoms with Crippen molar-refractivity contribution in [2.24, 2.45) is 0 Å². The molecule has 0 radical (unpaired) electrons. The lowest BCUT2D eigenvalue weighted by Crippen LogP contribution is -1.95. The molecule has 0 aliphatic carbocycles. The molecule has 4 aromatic heterocycles. The van der Waals surface area contributed by atoms with E-state index in [1.54, 1.807) is 0 Å². The second-order valence-electron chi connectivity index (χ2n) is 14.5. The van der Waals surface area contributed by atoms with E-state index in [0.29, 0.717) is 11.4 Å². The van der Waals surface area contributed by atoms with Crippen molar-refractivity contribution in [3.8, 4) is 50.6 Å². The second kappa shape index (κ2) is 12.4. The first-order valence-corrected chi connectivity index (χ1v) is 19.2. The Labute approximate surface area is 326 Å². The number of aromatic nitrogens is 3. The lowest BCUT2D eigenvalue weighted by atomic mass is 9.95. The van der Waals surface area contributed by atoms with Gasteiger partial charge in [-0.3, -0.25) is 0 Å². The maximum absolute atomic E-state index is 6.80. The third-order valence-electron chi connectivity index (χ3n) is 11.2. The van der Waals surface area contributed by atoms with E-state index < -0.39 is 0 Å². The molecule has 0 spiro atoms. The summed E-state index contributed by atoms with van der Waals surface area (Å²) in [5.41, 5.74) is 14.2. The predicted molar refractivity (Wildman–Crippen MR) is 233 cm³/mol. The minimum absolute atomic E-state index is 0.607. The number of nitrogens with zero attached hydrogens (tertiary/aromatic N) is 3. The molecule has 0 saturated heterocycles. The van der Waals surface area contributed by atoms with E-state index in [4.69, 9.17) is 18.8 Å². The largest absolute Gasteiger partial charge is 0.455 e. The molecule has 0 aliphatic rings. The van der Waals surface area contributed by atoms with Gasteiger partial charge in [-0.15, -0.1) is 0 Å². The van der Waals surface area contributed by atoms with Crippen LogP contribution in [0.4, 0.5) is 0 Å². The fourth-order valence-electron chi connectivity index (χ4n) is 8.63. The van der Waals surface area contributed by atoms with Gasteiger partial charge >= 0.3 is 0 Å². The third kappa shape index (κ3) is 4.89. The molecule has 5 heteroatoms. The van der Waals surface area contributed by atoms with E-state index in [-0.39, 0.29) is 0 Å². The van der Waals surface area contributed by atoms with Gasteiger partial charge in [0.1, 0.15) is 28.0 Å². The molecule has 0 N–H and O–H groups in total. The molecule has 12 aromatic rings. The van der Waals surface area contributed by atoms with Crippen LogP contribution in [-0.4, -0.2) is 14.5 Å². The van der Waals surface area contributed by atoms with Crippen LogP contribution < -0.4 is 0 Å². The normalized spacial score (nSPS) is 11.9. The molecule has 0 aliphatic heterocycles. The molecule has 4 heterocycles. The lowest BCUT2D eigenvalue weighted by molar-refractivity contribution is 0.667. The van der Waals surface area contributed by atoms with Crippen LogP contribution in [0.15, 0.2) is 197 Å². The molecule has 0 bridgehead atoms. The quantitative estimate of drug-likeness (QED) is 0.177. The van der Waals surface area contributed by atoms with Gasteiger partial charge in [0.15, 0.2) is 11.4 Å². The van der Waals surface area contributed by atoms with Crippen LogP contribution in [0.1, 0.15) is 0 Å². The first kappa shape index (κ1) is 31.6.